The summed E-state index contributed by atoms with van der Waals surface area (Å²) in [6.45, 7) is 7.18. The van der Waals surface area contributed by atoms with Crippen molar-refractivity contribution in [2.75, 3.05) is 7.11 Å². The van der Waals surface area contributed by atoms with Crippen LogP contribution in [0.15, 0.2) is 12.1 Å². The fourth-order valence-electron chi connectivity index (χ4n) is 1.98. The fourth-order valence-corrected chi connectivity index (χ4v) is 1.98. The maximum Gasteiger partial charge on any atom is 0.165 e. The second kappa shape index (κ2) is 6.35. The predicted molar refractivity (Wildman–Crippen MR) is 76.5 cm³/mol. The summed E-state index contributed by atoms with van der Waals surface area (Å²) >= 11 is 0. The summed E-state index contributed by atoms with van der Waals surface area (Å²) in [5.41, 5.74) is 0.827. The highest BCUT2D eigenvalue weighted by Crippen LogP contribution is 2.29. The predicted octanol–water partition coefficient (Wildman–Crippen LogP) is 2.92. The first-order valence-corrected chi connectivity index (χ1v) is 6.72. The molecule has 0 amide bonds. The molecule has 0 fully saturated rings. The number of halogens is 1. The molecule has 0 aliphatic rings. The summed E-state index contributed by atoms with van der Waals surface area (Å²) in [6.07, 6.45) is -0.162. The topological polar surface area (TPSA) is 46.5 Å². The molecule has 0 aliphatic carbocycles. The summed E-state index contributed by atoms with van der Waals surface area (Å²) in [5, 5.41) is 9.57. The Morgan fingerprint density at radius 2 is 2.00 bits per heavy atom. The van der Waals surface area contributed by atoms with Crippen LogP contribution in [0, 0.1) is 11.2 Å². The van der Waals surface area contributed by atoms with Gasteiger partial charge in [0.2, 0.25) is 0 Å². The third kappa shape index (κ3) is 4.04. The van der Waals surface area contributed by atoms with Gasteiger partial charge < -0.3 is 9.84 Å². The van der Waals surface area contributed by atoms with Crippen LogP contribution in [0.4, 0.5) is 4.39 Å². The number of hydrogen-bond acceptors (Lipinski definition) is 3. The lowest BCUT2D eigenvalue weighted by molar-refractivity contribution is -0.125. The van der Waals surface area contributed by atoms with Crippen molar-refractivity contribution in [3.05, 3.63) is 29.1 Å². The summed E-state index contributed by atoms with van der Waals surface area (Å²) in [6, 6.07) is 2.90. The highest BCUT2D eigenvalue weighted by atomic mass is 19.1. The molecule has 1 aromatic rings. The van der Waals surface area contributed by atoms with Crippen LogP contribution in [-0.2, 0) is 17.6 Å². The molecule has 0 heterocycles. The molecule has 112 valence electrons. The Labute approximate surface area is 119 Å². The van der Waals surface area contributed by atoms with Gasteiger partial charge in [0.05, 0.1) is 13.2 Å². The van der Waals surface area contributed by atoms with Crippen molar-refractivity contribution in [2.24, 2.45) is 5.41 Å². The van der Waals surface area contributed by atoms with E-state index in [0.29, 0.717) is 11.1 Å². The van der Waals surface area contributed by atoms with E-state index < -0.39 is 17.3 Å². The smallest absolute Gasteiger partial charge is 0.165 e. The van der Waals surface area contributed by atoms with Crippen LogP contribution < -0.4 is 4.74 Å². The molecule has 1 atom stereocenters. The van der Waals surface area contributed by atoms with Gasteiger partial charge in [-0.3, -0.25) is 4.79 Å². The van der Waals surface area contributed by atoms with Gasteiger partial charge in [0.15, 0.2) is 11.6 Å². The average Bonchev–Trinajstić information content (AvgIpc) is 2.31. The third-order valence-corrected chi connectivity index (χ3v) is 3.20. The lowest BCUT2D eigenvalue weighted by Crippen LogP contribution is -2.23. The largest absolute Gasteiger partial charge is 0.493 e. The van der Waals surface area contributed by atoms with Crippen molar-refractivity contribution in [2.45, 2.75) is 46.6 Å². The van der Waals surface area contributed by atoms with E-state index in [0.717, 1.165) is 0 Å². The minimum atomic E-state index is -0.630. The Morgan fingerprint density at radius 1 is 1.40 bits per heavy atom. The number of aliphatic hydroxyl groups is 1. The van der Waals surface area contributed by atoms with Gasteiger partial charge in [-0.05, 0) is 18.6 Å². The maximum absolute atomic E-state index is 13.8. The number of Topliss-reactive ketones (excluding diaryl/α,β-unsaturated/α-hetero) is 1. The molecule has 1 rings (SSSR count). The van der Waals surface area contributed by atoms with Crippen molar-refractivity contribution < 1.29 is 19.0 Å². The number of rotatable bonds is 5. The summed E-state index contributed by atoms with van der Waals surface area (Å²) in [5.74, 6) is -0.293. The number of carbonyl (C=O) groups excluding carboxylic acids is 1. The van der Waals surface area contributed by atoms with Gasteiger partial charge in [0, 0.05) is 23.8 Å². The quantitative estimate of drug-likeness (QED) is 0.903. The number of methoxy groups -OCH3 is 1. The van der Waals surface area contributed by atoms with Gasteiger partial charge in [-0.2, -0.15) is 0 Å². The summed E-state index contributed by atoms with van der Waals surface area (Å²) in [7, 11) is 1.39. The van der Waals surface area contributed by atoms with Crippen LogP contribution in [0.1, 0.15) is 38.8 Å². The molecule has 0 saturated heterocycles. The van der Waals surface area contributed by atoms with Gasteiger partial charge in [-0.1, -0.05) is 26.8 Å². The zero-order valence-electron chi connectivity index (χ0n) is 12.8. The van der Waals surface area contributed by atoms with Crippen LogP contribution >= 0.6 is 0 Å². The normalized spacial score (nSPS) is 13.2. The Balaban J connectivity index is 3.22. The lowest BCUT2D eigenvalue weighted by Gasteiger charge is -2.20. The minimum absolute atomic E-state index is 0.0676. The molecule has 0 aromatic heterocycles. The Hall–Kier alpha value is -1.42. The van der Waals surface area contributed by atoms with E-state index in [1.54, 1.807) is 13.0 Å². The molecule has 1 unspecified atom stereocenters. The van der Waals surface area contributed by atoms with E-state index in [2.05, 4.69) is 0 Å². The van der Waals surface area contributed by atoms with Gasteiger partial charge in [0.25, 0.3) is 0 Å². The molecule has 0 spiro atoms. The van der Waals surface area contributed by atoms with Gasteiger partial charge in [-0.15, -0.1) is 0 Å². The first-order chi connectivity index (χ1) is 9.16. The second-order valence-corrected chi connectivity index (χ2v) is 6.12. The summed E-state index contributed by atoms with van der Waals surface area (Å²) < 4.78 is 18.8. The van der Waals surface area contributed by atoms with Gasteiger partial charge in [0.1, 0.15) is 5.78 Å². The first kappa shape index (κ1) is 16.6. The van der Waals surface area contributed by atoms with Crippen LogP contribution in [0.3, 0.4) is 0 Å². The first-order valence-electron chi connectivity index (χ1n) is 6.72. The maximum atomic E-state index is 13.8. The molecule has 4 heteroatoms. The van der Waals surface area contributed by atoms with E-state index in [9.17, 15) is 14.3 Å². The molecule has 3 nitrogen and oxygen atoms in total. The van der Waals surface area contributed by atoms with Crippen LogP contribution in [0.2, 0.25) is 0 Å². The van der Waals surface area contributed by atoms with E-state index in [-0.39, 0.29) is 24.4 Å². The van der Waals surface area contributed by atoms with Crippen molar-refractivity contribution in [1.82, 2.24) is 0 Å². The van der Waals surface area contributed by atoms with Crippen LogP contribution in [0.5, 0.6) is 5.75 Å². The molecule has 0 radical (unpaired) electrons. The van der Waals surface area contributed by atoms with E-state index >= 15 is 0 Å². The van der Waals surface area contributed by atoms with Crippen LogP contribution in [-0.4, -0.2) is 24.1 Å². The number of hydrogen-bond donors (Lipinski definition) is 1. The second-order valence-electron chi connectivity index (χ2n) is 6.12. The van der Waals surface area contributed by atoms with Crippen LogP contribution in [0.25, 0.3) is 0 Å². The average molecular weight is 282 g/mol. The molecule has 1 aromatic carbocycles. The molecular formula is C16H23FO3. The SMILES string of the molecule is COc1c(F)ccc(CC(=O)C(C)(C)C)c1CC(C)O. The lowest BCUT2D eigenvalue weighted by atomic mass is 9.85. The van der Waals surface area contributed by atoms with E-state index in [1.165, 1.54) is 13.2 Å². The standard InChI is InChI=1S/C16H23FO3/c1-10(18)8-12-11(9-14(19)16(2,3)4)6-7-13(17)15(12)20-5/h6-7,10,18H,8-9H2,1-5H3. The Kier molecular flexibility index (Phi) is 5.28. The number of ketones is 1. The molecular weight excluding hydrogens is 259 g/mol. The molecule has 0 bridgehead atoms. The molecule has 0 aliphatic heterocycles. The number of ether oxygens (including phenoxy) is 1. The molecule has 1 N–H and O–H groups in total. The van der Waals surface area contributed by atoms with E-state index in [4.69, 9.17) is 4.74 Å². The van der Waals surface area contributed by atoms with Gasteiger partial charge in [-0.25, -0.2) is 4.39 Å². The van der Waals surface area contributed by atoms with E-state index in [1.807, 2.05) is 20.8 Å². The van der Waals surface area contributed by atoms with Crippen molar-refractivity contribution in [1.29, 1.82) is 0 Å². The molecule has 0 saturated carbocycles. The van der Waals surface area contributed by atoms with Gasteiger partial charge >= 0.3 is 0 Å². The minimum Gasteiger partial charge on any atom is -0.493 e. The highest BCUT2D eigenvalue weighted by Gasteiger charge is 2.24. The highest BCUT2D eigenvalue weighted by molar-refractivity contribution is 5.86. The number of benzene rings is 1. The molecule has 20 heavy (non-hydrogen) atoms. The Bertz CT molecular complexity index is 487. The van der Waals surface area contributed by atoms with Crippen molar-refractivity contribution >= 4 is 5.78 Å². The fraction of sp³-hybridized carbons (Fsp3) is 0.562. The van der Waals surface area contributed by atoms with Crippen molar-refractivity contribution in [3.8, 4) is 5.75 Å². The monoisotopic (exact) mass is 282 g/mol. The number of aliphatic hydroxyl groups excluding tert-OH is 1. The van der Waals surface area contributed by atoms with Crippen molar-refractivity contribution in [3.63, 3.8) is 0 Å². The third-order valence-electron chi connectivity index (χ3n) is 3.20. The summed E-state index contributed by atoms with van der Waals surface area (Å²) in [4.78, 5) is 12.2. The zero-order chi connectivity index (χ0) is 15.5. The number of carbonyl (C=O) groups is 1. The Morgan fingerprint density at radius 3 is 2.45 bits per heavy atom. The zero-order valence-corrected chi connectivity index (χ0v) is 12.8.